The summed E-state index contributed by atoms with van der Waals surface area (Å²) in [4.78, 5) is 26.2. The van der Waals surface area contributed by atoms with Crippen molar-refractivity contribution in [1.29, 1.82) is 0 Å². The molecule has 2 aliphatic rings. The van der Waals surface area contributed by atoms with Crippen molar-refractivity contribution in [3.05, 3.63) is 58.2 Å². The third-order valence-electron chi connectivity index (χ3n) is 6.59. The van der Waals surface area contributed by atoms with Crippen LogP contribution in [0.25, 0.3) is 21.4 Å². The lowest BCUT2D eigenvalue weighted by Crippen LogP contribution is -2.36. The van der Waals surface area contributed by atoms with Crippen molar-refractivity contribution < 1.29 is 9.15 Å². The van der Waals surface area contributed by atoms with Crippen LogP contribution in [0.15, 0.2) is 57.2 Å². The van der Waals surface area contributed by atoms with E-state index in [2.05, 4.69) is 27.0 Å². The van der Waals surface area contributed by atoms with Crippen LogP contribution in [0.1, 0.15) is 13.3 Å². The largest absolute Gasteiger partial charge is 0.439 e. The van der Waals surface area contributed by atoms with Gasteiger partial charge in [0.1, 0.15) is 10.5 Å². The second kappa shape index (κ2) is 9.31. The molecule has 35 heavy (non-hydrogen) atoms. The lowest BCUT2D eigenvalue weighted by Gasteiger charge is -2.27. The Balaban J connectivity index is 1.24. The SMILES string of the molecule is CC1CCN(c2ccnc(Nc3ccc(-c4csc5c(=O)cc(N6CCOCC6)oc45)cc3)n2)C1. The van der Waals surface area contributed by atoms with Crippen molar-refractivity contribution in [2.45, 2.75) is 13.3 Å². The predicted molar refractivity (Wildman–Crippen MR) is 140 cm³/mol. The molecule has 1 N–H and O–H groups in total. The van der Waals surface area contributed by atoms with Gasteiger partial charge in [-0.05, 0) is 36.1 Å². The number of hydrogen-bond donors (Lipinski definition) is 1. The average Bonchev–Trinajstić information content (AvgIpc) is 3.52. The summed E-state index contributed by atoms with van der Waals surface area (Å²) in [6, 6.07) is 11.6. The predicted octanol–water partition coefficient (Wildman–Crippen LogP) is 4.74. The molecule has 4 aromatic rings. The highest BCUT2D eigenvalue weighted by Crippen LogP contribution is 2.35. The number of hydrogen-bond acceptors (Lipinski definition) is 9. The van der Waals surface area contributed by atoms with Crippen molar-refractivity contribution in [3.63, 3.8) is 0 Å². The number of rotatable bonds is 5. The van der Waals surface area contributed by atoms with E-state index in [-0.39, 0.29) is 5.43 Å². The molecular formula is C26H27N5O3S. The molecule has 1 aromatic carbocycles. The number of benzene rings is 1. The summed E-state index contributed by atoms with van der Waals surface area (Å²) in [5.41, 5.74) is 3.44. The summed E-state index contributed by atoms with van der Waals surface area (Å²) in [6.45, 7) is 7.04. The molecule has 1 unspecified atom stereocenters. The lowest BCUT2D eigenvalue weighted by atomic mass is 10.1. The molecule has 3 aromatic heterocycles. The van der Waals surface area contributed by atoms with Crippen LogP contribution in [0.4, 0.5) is 23.3 Å². The molecule has 0 spiro atoms. The highest BCUT2D eigenvalue weighted by molar-refractivity contribution is 7.17. The third kappa shape index (κ3) is 4.49. The van der Waals surface area contributed by atoms with Gasteiger partial charge in [-0.3, -0.25) is 4.79 Å². The molecule has 180 valence electrons. The number of nitrogens with zero attached hydrogens (tertiary/aromatic N) is 4. The first kappa shape index (κ1) is 22.1. The van der Waals surface area contributed by atoms with Crippen LogP contribution in [0.5, 0.6) is 0 Å². The van der Waals surface area contributed by atoms with Crippen LogP contribution >= 0.6 is 11.3 Å². The zero-order chi connectivity index (χ0) is 23.8. The molecule has 5 heterocycles. The van der Waals surface area contributed by atoms with E-state index in [0.717, 1.165) is 35.7 Å². The Morgan fingerprint density at radius 3 is 2.69 bits per heavy atom. The van der Waals surface area contributed by atoms with Gasteiger partial charge in [0.25, 0.3) is 0 Å². The first-order valence-corrected chi connectivity index (χ1v) is 12.9. The second-order valence-corrected chi connectivity index (χ2v) is 10.0. The standard InChI is InChI=1S/C26H27N5O3S/c1-17-7-9-31(15-17)22-6-8-27-26(29-22)28-19-4-2-18(3-5-19)20-16-35-25-21(32)14-23(34-24(20)25)30-10-12-33-13-11-30/h2-6,8,14,16-17H,7,9-13,15H2,1H3,(H,27,28,29). The van der Waals surface area contributed by atoms with Gasteiger partial charge in [-0.1, -0.05) is 19.1 Å². The van der Waals surface area contributed by atoms with Crippen molar-refractivity contribution in [1.82, 2.24) is 9.97 Å². The number of aromatic nitrogens is 2. The minimum absolute atomic E-state index is 0.00768. The van der Waals surface area contributed by atoms with Gasteiger partial charge in [-0.25, -0.2) is 4.98 Å². The number of morpholine rings is 1. The maximum atomic E-state index is 12.8. The molecule has 1 atom stereocenters. The number of nitrogens with one attached hydrogen (secondary N) is 1. The molecule has 0 radical (unpaired) electrons. The van der Waals surface area contributed by atoms with Gasteiger partial charge in [-0.15, -0.1) is 11.3 Å². The summed E-state index contributed by atoms with van der Waals surface area (Å²) in [5, 5.41) is 5.30. The molecule has 2 saturated heterocycles. The van der Waals surface area contributed by atoms with Crippen LogP contribution in [-0.2, 0) is 4.74 Å². The van der Waals surface area contributed by atoms with Crippen molar-refractivity contribution in [2.24, 2.45) is 5.92 Å². The van der Waals surface area contributed by atoms with E-state index >= 15 is 0 Å². The smallest absolute Gasteiger partial charge is 0.229 e. The molecule has 0 aliphatic carbocycles. The van der Waals surface area contributed by atoms with E-state index < -0.39 is 0 Å². The van der Waals surface area contributed by atoms with Crippen LogP contribution in [-0.4, -0.2) is 49.4 Å². The molecular weight excluding hydrogens is 462 g/mol. The Morgan fingerprint density at radius 1 is 1.09 bits per heavy atom. The second-order valence-electron chi connectivity index (χ2n) is 9.14. The van der Waals surface area contributed by atoms with Crippen LogP contribution in [0.2, 0.25) is 0 Å². The number of fused-ring (bicyclic) bond motifs is 1. The van der Waals surface area contributed by atoms with Gasteiger partial charge in [0.15, 0.2) is 11.5 Å². The van der Waals surface area contributed by atoms with E-state index in [1.807, 2.05) is 35.7 Å². The molecule has 0 bridgehead atoms. The van der Waals surface area contributed by atoms with Crippen LogP contribution < -0.4 is 20.5 Å². The summed E-state index contributed by atoms with van der Waals surface area (Å²) < 4.78 is 12.3. The molecule has 6 rings (SSSR count). The molecule has 0 saturated carbocycles. The monoisotopic (exact) mass is 489 g/mol. The first-order valence-electron chi connectivity index (χ1n) is 12.0. The quantitative estimate of drug-likeness (QED) is 0.431. The summed E-state index contributed by atoms with van der Waals surface area (Å²) in [6.07, 6.45) is 2.99. The summed E-state index contributed by atoms with van der Waals surface area (Å²) in [5.74, 6) is 2.83. The zero-order valence-electron chi connectivity index (χ0n) is 19.6. The molecule has 2 fully saturated rings. The van der Waals surface area contributed by atoms with Crippen LogP contribution in [0, 0.1) is 5.92 Å². The Labute approximate surface area is 207 Å². The maximum absolute atomic E-state index is 12.8. The molecule has 2 aliphatic heterocycles. The Bertz CT molecular complexity index is 1390. The summed E-state index contributed by atoms with van der Waals surface area (Å²) >= 11 is 1.42. The topological polar surface area (TPSA) is 83.7 Å². The lowest BCUT2D eigenvalue weighted by molar-refractivity contribution is 0.121. The zero-order valence-corrected chi connectivity index (χ0v) is 20.4. The molecule has 8 nitrogen and oxygen atoms in total. The fourth-order valence-corrected chi connectivity index (χ4v) is 5.57. The Kier molecular flexibility index (Phi) is 5.87. The number of ether oxygens (including phenoxy) is 1. The molecule has 9 heteroatoms. The van der Waals surface area contributed by atoms with Crippen molar-refractivity contribution >= 4 is 45.0 Å². The Hall–Kier alpha value is -3.43. The maximum Gasteiger partial charge on any atom is 0.229 e. The fourth-order valence-electron chi connectivity index (χ4n) is 4.66. The normalized spacial score (nSPS) is 18.4. The third-order valence-corrected chi connectivity index (χ3v) is 7.57. The number of thiophene rings is 1. The van der Waals surface area contributed by atoms with Gasteiger partial charge in [0.2, 0.25) is 11.4 Å². The van der Waals surface area contributed by atoms with E-state index in [0.29, 0.717) is 54.3 Å². The van der Waals surface area contributed by atoms with E-state index in [1.54, 1.807) is 12.3 Å². The van der Waals surface area contributed by atoms with Crippen LogP contribution in [0.3, 0.4) is 0 Å². The van der Waals surface area contributed by atoms with Gasteiger partial charge < -0.3 is 24.3 Å². The van der Waals surface area contributed by atoms with E-state index in [1.165, 1.54) is 17.8 Å². The van der Waals surface area contributed by atoms with Gasteiger partial charge in [0, 0.05) is 55.1 Å². The average molecular weight is 490 g/mol. The highest BCUT2D eigenvalue weighted by Gasteiger charge is 2.21. The van der Waals surface area contributed by atoms with E-state index in [4.69, 9.17) is 14.1 Å². The van der Waals surface area contributed by atoms with E-state index in [9.17, 15) is 4.79 Å². The summed E-state index contributed by atoms with van der Waals surface area (Å²) in [7, 11) is 0. The Morgan fingerprint density at radius 2 is 1.91 bits per heavy atom. The minimum Gasteiger partial charge on any atom is -0.439 e. The minimum atomic E-state index is -0.00768. The van der Waals surface area contributed by atoms with Gasteiger partial charge in [-0.2, -0.15) is 4.98 Å². The fraction of sp³-hybridized carbons (Fsp3) is 0.346. The van der Waals surface area contributed by atoms with Gasteiger partial charge in [0.05, 0.1) is 13.2 Å². The first-order chi connectivity index (χ1) is 17.1. The van der Waals surface area contributed by atoms with Crippen molar-refractivity contribution in [2.75, 3.05) is 54.5 Å². The van der Waals surface area contributed by atoms with Crippen molar-refractivity contribution in [3.8, 4) is 11.1 Å². The molecule has 0 amide bonds. The van der Waals surface area contributed by atoms with Gasteiger partial charge >= 0.3 is 0 Å². The number of anilines is 4. The highest BCUT2D eigenvalue weighted by atomic mass is 32.1.